The van der Waals surface area contributed by atoms with Gasteiger partial charge < -0.3 is 14.7 Å². The molecule has 1 aliphatic heterocycles. The summed E-state index contributed by atoms with van der Waals surface area (Å²) in [6.07, 6.45) is -0.0890. The zero-order valence-electron chi connectivity index (χ0n) is 10.9. The highest BCUT2D eigenvalue weighted by molar-refractivity contribution is 7.10. The molecule has 2 heterocycles. The average Bonchev–Trinajstić information content (AvgIpc) is 3.04. The predicted octanol–water partition coefficient (Wildman–Crippen LogP) is 1.29. The molecule has 1 fully saturated rings. The lowest BCUT2D eigenvalue weighted by Crippen LogP contribution is -2.32. The molecule has 1 aliphatic rings. The van der Waals surface area contributed by atoms with Crippen molar-refractivity contribution < 1.29 is 24.2 Å². The third-order valence-electron chi connectivity index (χ3n) is 3.31. The Morgan fingerprint density at radius 3 is 2.90 bits per heavy atom. The smallest absolute Gasteiger partial charge is 0.310 e. The molecular weight excluding hydrogens is 282 g/mol. The van der Waals surface area contributed by atoms with Gasteiger partial charge >= 0.3 is 11.9 Å². The molecular formula is C13H15NO5S. The topological polar surface area (TPSA) is 83.9 Å². The summed E-state index contributed by atoms with van der Waals surface area (Å²) in [5, 5.41) is 10.9. The normalized spacial score (nSPS) is 19.9. The Morgan fingerprint density at radius 1 is 1.60 bits per heavy atom. The van der Waals surface area contributed by atoms with Crippen LogP contribution >= 0.6 is 11.3 Å². The first-order chi connectivity index (χ1) is 9.52. The van der Waals surface area contributed by atoms with Gasteiger partial charge in [-0.25, -0.2) is 0 Å². The number of nitrogens with zero attached hydrogens (tertiary/aromatic N) is 1. The van der Waals surface area contributed by atoms with Crippen LogP contribution in [-0.2, 0) is 19.1 Å². The number of rotatable bonds is 5. The van der Waals surface area contributed by atoms with Crippen molar-refractivity contribution in [1.29, 1.82) is 0 Å². The number of hydrogen-bond donors (Lipinski definition) is 1. The van der Waals surface area contributed by atoms with Gasteiger partial charge in [0.2, 0.25) is 5.91 Å². The summed E-state index contributed by atoms with van der Waals surface area (Å²) >= 11 is 1.40. The van der Waals surface area contributed by atoms with Crippen molar-refractivity contribution in [1.82, 2.24) is 4.90 Å². The van der Waals surface area contributed by atoms with Gasteiger partial charge in [0, 0.05) is 17.8 Å². The van der Waals surface area contributed by atoms with Gasteiger partial charge in [0.25, 0.3) is 0 Å². The van der Waals surface area contributed by atoms with E-state index in [9.17, 15) is 14.4 Å². The third kappa shape index (κ3) is 2.98. The van der Waals surface area contributed by atoms with Crippen LogP contribution in [0.1, 0.15) is 23.8 Å². The van der Waals surface area contributed by atoms with Crippen LogP contribution in [0, 0.1) is 5.92 Å². The molecule has 0 bridgehead atoms. The SMILES string of the molecule is COC(=O)C1CC(=O)N(C(CC(=O)O)c2cccs2)C1. The van der Waals surface area contributed by atoms with E-state index in [1.54, 1.807) is 6.07 Å². The largest absolute Gasteiger partial charge is 0.481 e. The van der Waals surface area contributed by atoms with Crippen LogP contribution in [-0.4, -0.2) is 41.5 Å². The maximum atomic E-state index is 12.1. The lowest BCUT2D eigenvalue weighted by atomic mass is 10.1. The predicted molar refractivity (Wildman–Crippen MR) is 71.1 cm³/mol. The van der Waals surface area contributed by atoms with Gasteiger partial charge in [-0.3, -0.25) is 14.4 Å². The summed E-state index contributed by atoms with van der Waals surface area (Å²) in [4.78, 5) is 36.9. The molecule has 1 saturated heterocycles. The second-order valence-corrected chi connectivity index (χ2v) is 5.58. The van der Waals surface area contributed by atoms with E-state index in [0.717, 1.165) is 4.88 Å². The van der Waals surface area contributed by atoms with Crippen molar-refractivity contribution in [3.63, 3.8) is 0 Å². The van der Waals surface area contributed by atoms with Crippen LogP contribution in [0.2, 0.25) is 0 Å². The fourth-order valence-corrected chi connectivity index (χ4v) is 3.21. The van der Waals surface area contributed by atoms with Gasteiger partial charge in [0.05, 0.1) is 25.5 Å². The average molecular weight is 297 g/mol. The van der Waals surface area contributed by atoms with Crippen LogP contribution in [0.15, 0.2) is 17.5 Å². The number of methoxy groups -OCH3 is 1. The van der Waals surface area contributed by atoms with Crippen LogP contribution in [0.25, 0.3) is 0 Å². The van der Waals surface area contributed by atoms with E-state index in [4.69, 9.17) is 5.11 Å². The molecule has 0 saturated carbocycles. The number of likely N-dealkylation sites (tertiary alicyclic amines) is 1. The number of thiophene rings is 1. The van der Waals surface area contributed by atoms with Crippen molar-refractivity contribution in [3.8, 4) is 0 Å². The van der Waals surface area contributed by atoms with Gasteiger partial charge in [-0.2, -0.15) is 0 Å². The van der Waals surface area contributed by atoms with Crippen LogP contribution in [0.3, 0.4) is 0 Å². The second-order valence-electron chi connectivity index (χ2n) is 4.60. The highest BCUT2D eigenvalue weighted by atomic mass is 32.1. The number of aliphatic carboxylic acids is 1. The lowest BCUT2D eigenvalue weighted by Gasteiger charge is -2.26. The molecule has 108 valence electrons. The number of esters is 1. The maximum absolute atomic E-state index is 12.1. The molecule has 0 radical (unpaired) electrons. The van der Waals surface area contributed by atoms with E-state index in [1.165, 1.54) is 23.3 Å². The van der Waals surface area contributed by atoms with E-state index >= 15 is 0 Å². The molecule has 0 aliphatic carbocycles. The molecule has 6 nitrogen and oxygen atoms in total. The molecule has 1 N–H and O–H groups in total. The van der Waals surface area contributed by atoms with Crippen molar-refractivity contribution in [2.24, 2.45) is 5.92 Å². The summed E-state index contributed by atoms with van der Waals surface area (Å²) in [6.45, 7) is 0.210. The minimum atomic E-state index is -0.974. The van der Waals surface area contributed by atoms with Crippen molar-refractivity contribution in [3.05, 3.63) is 22.4 Å². The van der Waals surface area contributed by atoms with Crippen LogP contribution in [0.5, 0.6) is 0 Å². The third-order valence-corrected chi connectivity index (χ3v) is 4.28. The Kier molecular flexibility index (Phi) is 4.39. The van der Waals surface area contributed by atoms with E-state index in [-0.39, 0.29) is 25.3 Å². The van der Waals surface area contributed by atoms with Gasteiger partial charge in [0.15, 0.2) is 0 Å². The zero-order chi connectivity index (χ0) is 14.7. The number of ether oxygens (including phenoxy) is 1. The molecule has 0 aromatic carbocycles. The number of carbonyl (C=O) groups is 3. The number of carbonyl (C=O) groups excluding carboxylic acids is 2. The van der Waals surface area contributed by atoms with E-state index in [1.807, 2.05) is 11.4 Å². The summed E-state index contributed by atoms with van der Waals surface area (Å²) in [5.74, 6) is -2.12. The Labute approximate surface area is 120 Å². The lowest BCUT2D eigenvalue weighted by molar-refractivity contribution is -0.145. The van der Waals surface area contributed by atoms with E-state index in [2.05, 4.69) is 4.74 Å². The molecule has 20 heavy (non-hydrogen) atoms. The minimum Gasteiger partial charge on any atom is -0.481 e. The number of carboxylic acids is 1. The van der Waals surface area contributed by atoms with Crippen molar-refractivity contribution in [2.75, 3.05) is 13.7 Å². The van der Waals surface area contributed by atoms with Crippen LogP contribution in [0.4, 0.5) is 0 Å². The van der Waals surface area contributed by atoms with Gasteiger partial charge in [-0.1, -0.05) is 6.07 Å². The quantitative estimate of drug-likeness (QED) is 0.828. The Bertz CT molecular complexity index is 513. The fourth-order valence-electron chi connectivity index (χ4n) is 2.37. The number of hydrogen-bond acceptors (Lipinski definition) is 5. The molecule has 0 spiro atoms. The Hall–Kier alpha value is -1.89. The summed E-state index contributed by atoms with van der Waals surface area (Å²) in [7, 11) is 1.28. The molecule has 2 unspecified atom stereocenters. The maximum Gasteiger partial charge on any atom is 0.310 e. The molecule has 2 atom stereocenters. The van der Waals surface area contributed by atoms with E-state index < -0.39 is 23.9 Å². The zero-order valence-corrected chi connectivity index (χ0v) is 11.8. The highest BCUT2D eigenvalue weighted by Crippen LogP contribution is 2.33. The fraction of sp³-hybridized carbons (Fsp3) is 0.462. The Balaban J connectivity index is 2.19. The first-order valence-electron chi connectivity index (χ1n) is 6.15. The molecule has 7 heteroatoms. The minimum absolute atomic E-state index is 0.0775. The van der Waals surface area contributed by atoms with Gasteiger partial charge in [-0.05, 0) is 11.4 Å². The van der Waals surface area contributed by atoms with Gasteiger partial charge in [0.1, 0.15) is 0 Å². The van der Waals surface area contributed by atoms with Crippen molar-refractivity contribution in [2.45, 2.75) is 18.9 Å². The first kappa shape index (κ1) is 14.5. The molecule has 1 aromatic rings. The second kappa shape index (κ2) is 6.04. The summed E-state index contributed by atoms with van der Waals surface area (Å²) in [5.41, 5.74) is 0. The Morgan fingerprint density at radius 2 is 2.35 bits per heavy atom. The number of amides is 1. The summed E-state index contributed by atoms with van der Waals surface area (Å²) in [6, 6.07) is 3.10. The first-order valence-corrected chi connectivity index (χ1v) is 7.03. The monoisotopic (exact) mass is 297 g/mol. The van der Waals surface area contributed by atoms with Crippen molar-refractivity contribution >= 4 is 29.2 Å². The molecule has 1 amide bonds. The number of carboxylic acid groups (broad SMARTS) is 1. The van der Waals surface area contributed by atoms with Crippen LogP contribution < -0.4 is 0 Å². The highest BCUT2D eigenvalue weighted by Gasteiger charge is 2.39. The standard InChI is InChI=1S/C13H15NO5S/c1-19-13(18)8-5-11(15)14(7-8)9(6-12(16)17)10-3-2-4-20-10/h2-4,8-9H,5-7H2,1H3,(H,16,17). The molecule has 1 aromatic heterocycles. The van der Waals surface area contributed by atoms with E-state index in [0.29, 0.717) is 0 Å². The molecule has 2 rings (SSSR count). The van der Waals surface area contributed by atoms with Gasteiger partial charge in [-0.15, -0.1) is 11.3 Å². The summed E-state index contributed by atoms with van der Waals surface area (Å²) < 4.78 is 4.65.